The SMILES string of the molecule is Cc1ccc(OC(c2ccc(Br)s2)C(C)N)c(Cl)c1. The molecular formula is C14H15BrClNOS. The van der Waals surface area contributed by atoms with Gasteiger partial charge in [-0.05, 0) is 59.6 Å². The van der Waals surface area contributed by atoms with Gasteiger partial charge in [0.05, 0.1) is 8.81 Å². The van der Waals surface area contributed by atoms with Crippen LogP contribution in [-0.2, 0) is 0 Å². The van der Waals surface area contributed by atoms with Crippen LogP contribution in [0.15, 0.2) is 34.1 Å². The Labute approximate surface area is 130 Å². The first-order chi connectivity index (χ1) is 8.97. The van der Waals surface area contributed by atoms with Gasteiger partial charge in [-0.25, -0.2) is 0 Å². The second-order valence-corrected chi connectivity index (χ2v) is 7.38. The molecule has 0 fully saturated rings. The van der Waals surface area contributed by atoms with Crippen molar-refractivity contribution in [2.45, 2.75) is 26.0 Å². The van der Waals surface area contributed by atoms with Crippen LogP contribution in [-0.4, -0.2) is 6.04 Å². The normalized spacial score (nSPS) is 14.2. The Morgan fingerprint density at radius 1 is 1.32 bits per heavy atom. The first-order valence-electron chi connectivity index (χ1n) is 5.91. The van der Waals surface area contributed by atoms with Gasteiger partial charge in [-0.2, -0.15) is 0 Å². The number of benzene rings is 1. The number of hydrogen-bond donors (Lipinski definition) is 1. The molecule has 1 aromatic carbocycles. The van der Waals surface area contributed by atoms with Crippen LogP contribution in [0.4, 0.5) is 0 Å². The van der Waals surface area contributed by atoms with Crippen LogP contribution in [0.3, 0.4) is 0 Å². The maximum atomic E-state index is 6.20. The van der Waals surface area contributed by atoms with Gasteiger partial charge in [0.2, 0.25) is 0 Å². The Morgan fingerprint density at radius 3 is 2.58 bits per heavy atom. The lowest BCUT2D eigenvalue weighted by Gasteiger charge is -2.22. The highest BCUT2D eigenvalue weighted by molar-refractivity contribution is 9.11. The summed E-state index contributed by atoms with van der Waals surface area (Å²) in [6.07, 6.45) is -0.198. The number of halogens is 2. The van der Waals surface area contributed by atoms with E-state index in [0.29, 0.717) is 10.8 Å². The van der Waals surface area contributed by atoms with Gasteiger partial charge in [0.15, 0.2) is 0 Å². The summed E-state index contributed by atoms with van der Waals surface area (Å²) in [5.74, 6) is 0.666. The van der Waals surface area contributed by atoms with Crippen LogP contribution in [0.5, 0.6) is 5.75 Å². The number of rotatable bonds is 4. The molecule has 1 aromatic heterocycles. The number of ether oxygens (including phenoxy) is 1. The highest BCUT2D eigenvalue weighted by Crippen LogP contribution is 2.34. The molecule has 2 rings (SSSR count). The van der Waals surface area contributed by atoms with E-state index in [4.69, 9.17) is 22.1 Å². The molecule has 0 aliphatic carbocycles. The smallest absolute Gasteiger partial charge is 0.148 e. The van der Waals surface area contributed by atoms with E-state index in [2.05, 4.69) is 15.9 Å². The van der Waals surface area contributed by atoms with E-state index in [9.17, 15) is 0 Å². The molecule has 2 aromatic rings. The predicted octanol–water partition coefficient (Wildman–Crippen LogP) is 4.94. The van der Waals surface area contributed by atoms with Crippen LogP contribution < -0.4 is 10.5 Å². The maximum absolute atomic E-state index is 6.20. The van der Waals surface area contributed by atoms with Gasteiger partial charge in [0.25, 0.3) is 0 Å². The molecule has 0 aliphatic rings. The van der Waals surface area contributed by atoms with E-state index < -0.39 is 0 Å². The monoisotopic (exact) mass is 359 g/mol. The average Bonchev–Trinajstić information content (AvgIpc) is 2.74. The molecular weight excluding hydrogens is 346 g/mol. The van der Waals surface area contributed by atoms with Crippen molar-refractivity contribution in [1.82, 2.24) is 0 Å². The van der Waals surface area contributed by atoms with Crippen molar-refractivity contribution < 1.29 is 4.74 Å². The number of thiophene rings is 1. The third-order valence-corrected chi connectivity index (χ3v) is 4.67. The minimum Gasteiger partial charge on any atom is -0.482 e. The van der Waals surface area contributed by atoms with E-state index >= 15 is 0 Å². The number of aryl methyl sites for hydroxylation is 1. The van der Waals surface area contributed by atoms with Crippen molar-refractivity contribution in [2.75, 3.05) is 0 Å². The standard InChI is InChI=1S/C14H15BrClNOS/c1-8-3-4-11(10(16)7-8)18-14(9(2)17)12-5-6-13(15)19-12/h3-7,9,14H,17H2,1-2H3. The fourth-order valence-corrected chi connectivity index (χ4v) is 3.59. The van der Waals surface area contributed by atoms with Crippen LogP contribution in [0, 0.1) is 6.92 Å². The maximum Gasteiger partial charge on any atom is 0.148 e. The average molecular weight is 361 g/mol. The van der Waals surface area contributed by atoms with Gasteiger partial charge in [0, 0.05) is 10.9 Å². The zero-order valence-electron chi connectivity index (χ0n) is 10.7. The quantitative estimate of drug-likeness (QED) is 0.838. The first-order valence-corrected chi connectivity index (χ1v) is 7.89. The fourth-order valence-electron chi connectivity index (χ4n) is 1.74. The summed E-state index contributed by atoms with van der Waals surface area (Å²) in [6.45, 7) is 3.93. The minimum atomic E-state index is -0.198. The summed E-state index contributed by atoms with van der Waals surface area (Å²) >= 11 is 11.3. The zero-order valence-corrected chi connectivity index (χ0v) is 13.8. The Morgan fingerprint density at radius 2 is 2.05 bits per heavy atom. The lowest BCUT2D eigenvalue weighted by molar-refractivity contribution is 0.184. The second kappa shape index (κ2) is 6.27. The first kappa shape index (κ1) is 14.9. The van der Waals surface area contributed by atoms with Gasteiger partial charge in [0.1, 0.15) is 11.9 Å². The third kappa shape index (κ3) is 3.72. The number of hydrogen-bond acceptors (Lipinski definition) is 3. The summed E-state index contributed by atoms with van der Waals surface area (Å²) in [5.41, 5.74) is 7.13. The summed E-state index contributed by atoms with van der Waals surface area (Å²) in [6, 6.07) is 9.64. The van der Waals surface area contributed by atoms with Crippen LogP contribution >= 0.6 is 38.9 Å². The molecule has 1 heterocycles. The summed E-state index contributed by atoms with van der Waals surface area (Å²) in [7, 11) is 0. The van der Waals surface area contributed by atoms with Gasteiger partial charge in [-0.3, -0.25) is 0 Å². The molecule has 0 radical (unpaired) electrons. The van der Waals surface area contributed by atoms with Gasteiger partial charge in [-0.15, -0.1) is 11.3 Å². The fraction of sp³-hybridized carbons (Fsp3) is 0.286. The molecule has 102 valence electrons. The molecule has 0 bridgehead atoms. The summed E-state index contributed by atoms with van der Waals surface area (Å²) in [4.78, 5) is 1.08. The van der Waals surface area contributed by atoms with Crippen molar-refractivity contribution in [3.8, 4) is 5.75 Å². The van der Waals surface area contributed by atoms with E-state index in [1.54, 1.807) is 11.3 Å². The highest BCUT2D eigenvalue weighted by Gasteiger charge is 2.21. The van der Waals surface area contributed by atoms with Crippen molar-refractivity contribution >= 4 is 38.9 Å². The molecule has 2 atom stereocenters. The molecule has 2 N–H and O–H groups in total. The largest absolute Gasteiger partial charge is 0.482 e. The van der Waals surface area contributed by atoms with Gasteiger partial charge < -0.3 is 10.5 Å². The van der Waals surface area contributed by atoms with Gasteiger partial charge >= 0.3 is 0 Å². The van der Waals surface area contributed by atoms with Crippen LogP contribution in [0.2, 0.25) is 5.02 Å². The van der Waals surface area contributed by atoms with E-state index in [-0.39, 0.29) is 12.1 Å². The summed E-state index contributed by atoms with van der Waals surface area (Å²) in [5, 5.41) is 0.612. The molecule has 5 heteroatoms. The van der Waals surface area contributed by atoms with E-state index in [1.165, 1.54) is 0 Å². The number of nitrogens with two attached hydrogens (primary N) is 1. The molecule has 0 saturated carbocycles. The Kier molecular flexibility index (Phi) is 4.90. The van der Waals surface area contributed by atoms with E-state index in [1.807, 2.05) is 44.2 Å². The molecule has 0 spiro atoms. The molecule has 2 nitrogen and oxygen atoms in total. The second-order valence-electron chi connectivity index (χ2n) is 4.47. The van der Waals surface area contributed by atoms with Gasteiger partial charge in [-0.1, -0.05) is 17.7 Å². The Bertz CT molecular complexity index is 570. The summed E-state index contributed by atoms with van der Waals surface area (Å²) < 4.78 is 7.06. The van der Waals surface area contributed by atoms with Crippen molar-refractivity contribution in [2.24, 2.45) is 5.73 Å². The lowest BCUT2D eigenvalue weighted by Crippen LogP contribution is -2.28. The zero-order chi connectivity index (χ0) is 14.0. The Hall–Kier alpha value is -0.550. The van der Waals surface area contributed by atoms with Crippen molar-refractivity contribution in [1.29, 1.82) is 0 Å². The third-order valence-electron chi connectivity index (χ3n) is 2.69. The van der Waals surface area contributed by atoms with Crippen molar-refractivity contribution in [3.63, 3.8) is 0 Å². The Balaban J connectivity index is 2.26. The molecule has 19 heavy (non-hydrogen) atoms. The molecule has 0 saturated heterocycles. The highest BCUT2D eigenvalue weighted by atomic mass is 79.9. The van der Waals surface area contributed by atoms with E-state index in [0.717, 1.165) is 14.2 Å². The van der Waals surface area contributed by atoms with Crippen LogP contribution in [0.25, 0.3) is 0 Å². The predicted molar refractivity (Wildman–Crippen MR) is 85.2 cm³/mol. The topological polar surface area (TPSA) is 35.2 Å². The van der Waals surface area contributed by atoms with Crippen molar-refractivity contribution in [3.05, 3.63) is 49.6 Å². The molecule has 2 unspecified atom stereocenters. The molecule has 0 amide bonds. The minimum absolute atomic E-state index is 0.122. The van der Waals surface area contributed by atoms with Crippen LogP contribution in [0.1, 0.15) is 23.5 Å². The lowest BCUT2D eigenvalue weighted by atomic mass is 10.1. The molecule has 0 aliphatic heterocycles.